The zero-order valence-electron chi connectivity index (χ0n) is 16.2. The first-order valence-electron chi connectivity index (χ1n) is 9.40. The number of rotatable bonds is 3. The molecule has 0 spiro atoms. The fraction of sp³-hybridized carbons (Fsp3) is 0.400. The summed E-state index contributed by atoms with van der Waals surface area (Å²) < 4.78 is 21.4. The van der Waals surface area contributed by atoms with Crippen LogP contribution in [-0.4, -0.2) is 43.7 Å². The number of anilines is 2. The van der Waals surface area contributed by atoms with Crippen molar-refractivity contribution in [1.29, 1.82) is 0 Å². The fourth-order valence-corrected chi connectivity index (χ4v) is 4.81. The number of fused-ring (bicyclic) bond motifs is 2. The molecule has 2 saturated heterocycles. The van der Waals surface area contributed by atoms with Crippen LogP contribution in [0.4, 0.5) is 11.5 Å². The Morgan fingerprint density at radius 1 is 1.14 bits per heavy atom. The molecule has 0 amide bonds. The van der Waals surface area contributed by atoms with Crippen molar-refractivity contribution >= 4 is 45.1 Å². The SMILES string of the molecule is C[C@H]1O[C@@H](n2cc(I)c3c(Nc4ccc(O)cc4)ncnc32)[C@@H]2OC(C)(C)O[C@@H]21. The summed E-state index contributed by atoms with van der Waals surface area (Å²) in [5.74, 6) is 0.269. The summed E-state index contributed by atoms with van der Waals surface area (Å²) in [6.07, 6.45) is 2.79. The van der Waals surface area contributed by atoms with Gasteiger partial charge in [0.25, 0.3) is 0 Å². The predicted molar refractivity (Wildman–Crippen MR) is 115 cm³/mol. The van der Waals surface area contributed by atoms with E-state index in [1.54, 1.807) is 24.3 Å². The maximum Gasteiger partial charge on any atom is 0.164 e. The molecule has 1 aromatic carbocycles. The summed E-state index contributed by atoms with van der Waals surface area (Å²) in [7, 11) is 0. The highest BCUT2D eigenvalue weighted by Gasteiger charge is 2.54. The van der Waals surface area contributed by atoms with Crippen LogP contribution in [0.1, 0.15) is 27.0 Å². The van der Waals surface area contributed by atoms with E-state index in [4.69, 9.17) is 14.2 Å². The second-order valence-electron chi connectivity index (χ2n) is 7.77. The Morgan fingerprint density at radius 2 is 1.86 bits per heavy atom. The Bertz CT molecular complexity index is 1070. The van der Waals surface area contributed by atoms with Gasteiger partial charge in [-0.1, -0.05) is 0 Å². The molecule has 2 aliphatic heterocycles. The first kappa shape index (κ1) is 19.0. The largest absolute Gasteiger partial charge is 0.508 e. The van der Waals surface area contributed by atoms with Gasteiger partial charge >= 0.3 is 0 Å². The van der Waals surface area contributed by atoms with Crippen LogP contribution in [0.5, 0.6) is 5.75 Å². The minimum atomic E-state index is -0.637. The molecule has 2 aliphatic rings. The van der Waals surface area contributed by atoms with Gasteiger partial charge in [-0.3, -0.25) is 0 Å². The molecular weight excluding hydrogens is 487 g/mol. The second kappa shape index (κ2) is 6.79. The van der Waals surface area contributed by atoms with E-state index >= 15 is 0 Å². The first-order chi connectivity index (χ1) is 13.8. The number of ether oxygens (including phenoxy) is 3. The Morgan fingerprint density at radius 3 is 2.62 bits per heavy atom. The first-order valence-corrected chi connectivity index (χ1v) is 10.5. The van der Waals surface area contributed by atoms with Gasteiger partial charge in [0, 0.05) is 15.5 Å². The van der Waals surface area contributed by atoms with E-state index < -0.39 is 5.79 Å². The van der Waals surface area contributed by atoms with Crippen LogP contribution in [0, 0.1) is 3.57 Å². The van der Waals surface area contributed by atoms with Crippen molar-refractivity contribution in [2.45, 2.75) is 51.1 Å². The van der Waals surface area contributed by atoms with Crippen LogP contribution in [0.15, 0.2) is 36.8 Å². The topological polar surface area (TPSA) is 90.7 Å². The molecular formula is C20H21IN4O4. The molecule has 5 rings (SSSR count). The number of aromatic hydroxyl groups is 1. The van der Waals surface area contributed by atoms with Crippen molar-refractivity contribution in [3.63, 3.8) is 0 Å². The highest BCUT2D eigenvalue weighted by Crippen LogP contribution is 2.44. The highest BCUT2D eigenvalue weighted by molar-refractivity contribution is 14.1. The minimum Gasteiger partial charge on any atom is -0.508 e. The Labute approximate surface area is 181 Å². The maximum atomic E-state index is 9.50. The van der Waals surface area contributed by atoms with E-state index in [-0.39, 0.29) is 30.3 Å². The Balaban J connectivity index is 1.54. The number of phenolic OH excluding ortho intramolecular Hbond substituents is 1. The van der Waals surface area contributed by atoms with Crippen LogP contribution >= 0.6 is 22.6 Å². The van der Waals surface area contributed by atoms with E-state index in [0.29, 0.717) is 5.82 Å². The van der Waals surface area contributed by atoms with Crippen molar-refractivity contribution in [2.24, 2.45) is 0 Å². The molecule has 4 heterocycles. The van der Waals surface area contributed by atoms with Gasteiger partial charge in [0.05, 0.1) is 11.5 Å². The molecule has 0 aliphatic carbocycles. The zero-order chi connectivity index (χ0) is 20.3. The predicted octanol–water partition coefficient (Wildman–Crippen LogP) is 3.92. The number of benzene rings is 1. The molecule has 8 nitrogen and oxygen atoms in total. The van der Waals surface area contributed by atoms with Gasteiger partial charge in [0.2, 0.25) is 0 Å². The molecule has 152 valence electrons. The van der Waals surface area contributed by atoms with Gasteiger partial charge in [-0.05, 0) is 67.6 Å². The van der Waals surface area contributed by atoms with Gasteiger partial charge < -0.3 is 29.2 Å². The monoisotopic (exact) mass is 508 g/mol. The third-order valence-electron chi connectivity index (χ3n) is 5.23. The van der Waals surface area contributed by atoms with E-state index in [1.807, 2.05) is 31.5 Å². The molecule has 29 heavy (non-hydrogen) atoms. The van der Waals surface area contributed by atoms with Gasteiger partial charge in [-0.25, -0.2) is 9.97 Å². The molecule has 0 bridgehead atoms. The Hall–Kier alpha value is -1.95. The lowest BCUT2D eigenvalue weighted by molar-refractivity contribution is -0.194. The lowest BCUT2D eigenvalue weighted by Crippen LogP contribution is -2.27. The Kier molecular flexibility index (Phi) is 4.46. The molecule has 0 saturated carbocycles. The van der Waals surface area contributed by atoms with Gasteiger partial charge in [-0.2, -0.15) is 0 Å². The number of aromatic nitrogens is 3. The zero-order valence-corrected chi connectivity index (χ0v) is 18.3. The second-order valence-corrected chi connectivity index (χ2v) is 8.94. The number of hydrogen-bond acceptors (Lipinski definition) is 7. The lowest BCUT2D eigenvalue weighted by Gasteiger charge is -2.24. The average Bonchev–Trinajstić information content (AvgIpc) is 3.27. The number of nitrogens with one attached hydrogen (secondary N) is 1. The number of hydrogen-bond donors (Lipinski definition) is 2. The third kappa shape index (κ3) is 3.25. The van der Waals surface area contributed by atoms with Crippen molar-refractivity contribution < 1.29 is 19.3 Å². The summed E-state index contributed by atoms with van der Waals surface area (Å²) in [5.41, 5.74) is 1.59. The van der Waals surface area contributed by atoms with Crippen LogP contribution in [0.25, 0.3) is 11.0 Å². The van der Waals surface area contributed by atoms with Gasteiger partial charge in [0.1, 0.15) is 35.7 Å². The molecule has 9 heteroatoms. The van der Waals surface area contributed by atoms with Crippen LogP contribution in [0.3, 0.4) is 0 Å². The number of halogens is 1. The average molecular weight is 508 g/mol. The van der Waals surface area contributed by atoms with Crippen molar-refractivity contribution in [1.82, 2.24) is 14.5 Å². The smallest absolute Gasteiger partial charge is 0.164 e. The van der Waals surface area contributed by atoms with Crippen LogP contribution in [-0.2, 0) is 14.2 Å². The van der Waals surface area contributed by atoms with Crippen molar-refractivity contribution in [3.05, 3.63) is 40.4 Å². The van der Waals surface area contributed by atoms with Crippen molar-refractivity contribution in [2.75, 3.05) is 5.32 Å². The lowest BCUT2D eigenvalue weighted by atomic mass is 10.1. The fourth-order valence-electron chi connectivity index (χ4n) is 4.01. The molecule has 3 aromatic rings. The summed E-state index contributed by atoms with van der Waals surface area (Å²) >= 11 is 2.28. The summed E-state index contributed by atoms with van der Waals surface area (Å²) in [6, 6.07) is 6.85. The van der Waals surface area contributed by atoms with Crippen LogP contribution < -0.4 is 5.32 Å². The molecule has 2 N–H and O–H groups in total. The molecule has 0 radical (unpaired) electrons. The van der Waals surface area contributed by atoms with Gasteiger partial charge in [-0.15, -0.1) is 0 Å². The van der Waals surface area contributed by atoms with Gasteiger partial charge in [0.15, 0.2) is 12.0 Å². The molecule has 4 atom stereocenters. The number of phenols is 1. The van der Waals surface area contributed by atoms with Crippen LogP contribution in [0.2, 0.25) is 0 Å². The van der Waals surface area contributed by atoms with E-state index in [0.717, 1.165) is 20.3 Å². The van der Waals surface area contributed by atoms with Crippen molar-refractivity contribution in [3.8, 4) is 5.75 Å². The highest BCUT2D eigenvalue weighted by atomic mass is 127. The summed E-state index contributed by atoms with van der Waals surface area (Å²) in [5, 5.41) is 13.7. The standard InChI is InChI=1S/C20H21IN4O4/c1-10-15-16(29-20(2,3)28-15)19(27-10)25-8-13(21)14-17(22-9-23-18(14)25)24-11-4-6-12(26)7-5-11/h4-10,15-16,19,26H,1-3H3,(H,22,23,24)/t10-,15-,16-,19-/m1/s1. The molecule has 0 unspecified atom stereocenters. The quantitative estimate of drug-likeness (QED) is 0.410. The molecule has 2 aromatic heterocycles. The van der Waals surface area contributed by atoms with E-state index in [9.17, 15) is 5.11 Å². The maximum absolute atomic E-state index is 9.50. The molecule has 2 fully saturated rings. The normalized spacial score (nSPS) is 28.0. The number of nitrogens with zero attached hydrogens (tertiary/aromatic N) is 3. The third-order valence-corrected chi connectivity index (χ3v) is 6.05. The summed E-state index contributed by atoms with van der Waals surface area (Å²) in [6.45, 7) is 5.86. The minimum absolute atomic E-state index is 0.0849. The van der Waals surface area contributed by atoms with E-state index in [2.05, 4.69) is 37.9 Å². The summed E-state index contributed by atoms with van der Waals surface area (Å²) in [4.78, 5) is 8.96. The van der Waals surface area contributed by atoms with E-state index in [1.165, 1.54) is 6.33 Å².